The highest BCUT2D eigenvalue weighted by atomic mass is 16.5. The lowest BCUT2D eigenvalue weighted by molar-refractivity contribution is 0.101. The number of carbonyl (C=O) groups is 1. The van der Waals surface area contributed by atoms with Crippen molar-refractivity contribution < 1.29 is 18.7 Å². The molecule has 0 radical (unpaired) electrons. The Morgan fingerprint density at radius 1 is 1.14 bits per heavy atom. The third-order valence-corrected chi connectivity index (χ3v) is 3.66. The van der Waals surface area contributed by atoms with E-state index in [1.165, 1.54) is 7.11 Å². The molecule has 1 aliphatic heterocycles. The largest absolute Gasteiger partial charge is 0.496 e. The van der Waals surface area contributed by atoms with E-state index in [0.717, 1.165) is 10.9 Å². The van der Waals surface area contributed by atoms with E-state index in [1.54, 1.807) is 24.5 Å². The van der Waals surface area contributed by atoms with Crippen LogP contribution in [0.1, 0.15) is 15.9 Å². The molecule has 3 aromatic rings. The summed E-state index contributed by atoms with van der Waals surface area (Å²) in [5.74, 6) is 1.06. The van der Waals surface area contributed by atoms with Gasteiger partial charge in [0.25, 0.3) is 0 Å². The normalized spacial score (nSPS) is 15.1. The van der Waals surface area contributed by atoms with E-state index in [1.807, 2.05) is 30.3 Å². The van der Waals surface area contributed by atoms with Crippen molar-refractivity contribution in [1.82, 2.24) is 0 Å². The SMILES string of the molecule is COc1cc2occc2c2c1C(=O)/C(=C/c1ccccc1)O2. The van der Waals surface area contributed by atoms with Gasteiger partial charge in [-0.2, -0.15) is 0 Å². The molecule has 108 valence electrons. The lowest BCUT2D eigenvalue weighted by Gasteiger charge is -2.04. The average molecular weight is 292 g/mol. The van der Waals surface area contributed by atoms with Crippen molar-refractivity contribution in [2.45, 2.75) is 0 Å². The minimum absolute atomic E-state index is 0.182. The Bertz CT molecular complexity index is 903. The van der Waals surface area contributed by atoms with Gasteiger partial charge in [-0.1, -0.05) is 30.3 Å². The van der Waals surface area contributed by atoms with E-state index < -0.39 is 0 Å². The highest BCUT2D eigenvalue weighted by molar-refractivity contribution is 6.19. The number of benzene rings is 2. The van der Waals surface area contributed by atoms with E-state index in [2.05, 4.69) is 0 Å². The second-order valence-electron chi connectivity index (χ2n) is 4.97. The molecule has 0 N–H and O–H groups in total. The number of ketones is 1. The highest BCUT2D eigenvalue weighted by Crippen LogP contribution is 2.44. The molecule has 0 unspecified atom stereocenters. The van der Waals surface area contributed by atoms with E-state index in [4.69, 9.17) is 13.9 Å². The van der Waals surface area contributed by atoms with Gasteiger partial charge in [-0.15, -0.1) is 0 Å². The number of hydrogen-bond acceptors (Lipinski definition) is 4. The molecule has 2 heterocycles. The van der Waals surface area contributed by atoms with Crippen LogP contribution in [0.2, 0.25) is 0 Å². The van der Waals surface area contributed by atoms with Crippen LogP contribution in [0.15, 0.2) is 58.9 Å². The molecule has 1 aromatic heterocycles. The molecule has 0 saturated carbocycles. The summed E-state index contributed by atoms with van der Waals surface area (Å²) in [4.78, 5) is 12.6. The van der Waals surface area contributed by atoms with Crippen molar-refractivity contribution in [2.24, 2.45) is 0 Å². The average Bonchev–Trinajstić information content (AvgIpc) is 3.13. The van der Waals surface area contributed by atoms with Gasteiger partial charge >= 0.3 is 0 Å². The third-order valence-electron chi connectivity index (χ3n) is 3.66. The predicted molar refractivity (Wildman–Crippen MR) is 82.1 cm³/mol. The molecule has 0 fully saturated rings. The Labute approximate surface area is 126 Å². The molecule has 0 saturated heterocycles. The van der Waals surface area contributed by atoms with Gasteiger partial charge in [0, 0.05) is 6.07 Å². The number of fused-ring (bicyclic) bond motifs is 3. The fourth-order valence-electron chi connectivity index (χ4n) is 2.62. The Morgan fingerprint density at radius 2 is 1.95 bits per heavy atom. The minimum Gasteiger partial charge on any atom is -0.496 e. The van der Waals surface area contributed by atoms with Crippen molar-refractivity contribution in [2.75, 3.05) is 7.11 Å². The Balaban J connectivity index is 1.89. The lowest BCUT2D eigenvalue weighted by Crippen LogP contribution is -2.00. The summed E-state index contributed by atoms with van der Waals surface area (Å²) in [5, 5.41) is 0.764. The van der Waals surface area contributed by atoms with Gasteiger partial charge < -0.3 is 13.9 Å². The summed E-state index contributed by atoms with van der Waals surface area (Å²) in [6, 6.07) is 13.1. The fraction of sp³-hybridized carbons (Fsp3) is 0.0556. The molecule has 2 aromatic carbocycles. The standard InChI is InChI=1S/C18H12O4/c1-20-14-10-13-12(7-8-21-13)18-16(14)17(19)15(22-18)9-11-5-3-2-4-6-11/h2-10H,1H3/b15-9-. The van der Waals surface area contributed by atoms with Gasteiger partial charge in [-0.3, -0.25) is 4.79 Å². The number of carbonyl (C=O) groups excluding carboxylic acids is 1. The maximum Gasteiger partial charge on any atom is 0.235 e. The van der Waals surface area contributed by atoms with Crippen molar-refractivity contribution >= 4 is 22.8 Å². The summed E-state index contributed by atoms with van der Waals surface area (Å²) in [7, 11) is 1.52. The molecule has 1 aliphatic rings. The molecule has 0 atom stereocenters. The second-order valence-corrected chi connectivity index (χ2v) is 4.97. The van der Waals surface area contributed by atoms with Gasteiger partial charge in [-0.05, 0) is 17.7 Å². The maximum absolute atomic E-state index is 12.6. The lowest BCUT2D eigenvalue weighted by atomic mass is 10.1. The minimum atomic E-state index is -0.182. The van der Waals surface area contributed by atoms with Crippen LogP contribution in [0.4, 0.5) is 0 Å². The molecule has 0 amide bonds. The van der Waals surface area contributed by atoms with Gasteiger partial charge in [0.1, 0.15) is 16.9 Å². The van der Waals surface area contributed by atoms with Crippen molar-refractivity contribution in [3.8, 4) is 11.5 Å². The van der Waals surface area contributed by atoms with Crippen LogP contribution in [0.5, 0.6) is 11.5 Å². The Kier molecular flexibility index (Phi) is 2.76. The zero-order valence-electron chi connectivity index (χ0n) is 11.8. The van der Waals surface area contributed by atoms with Gasteiger partial charge in [0.2, 0.25) is 5.78 Å². The zero-order valence-corrected chi connectivity index (χ0v) is 11.8. The van der Waals surface area contributed by atoms with Crippen molar-refractivity contribution in [3.63, 3.8) is 0 Å². The topological polar surface area (TPSA) is 48.7 Å². The molecule has 0 spiro atoms. The molecule has 22 heavy (non-hydrogen) atoms. The first kappa shape index (κ1) is 12.7. The monoisotopic (exact) mass is 292 g/mol. The van der Waals surface area contributed by atoms with E-state index >= 15 is 0 Å². The molecule has 0 aliphatic carbocycles. The van der Waals surface area contributed by atoms with Crippen LogP contribution in [0.25, 0.3) is 17.0 Å². The summed E-state index contributed by atoms with van der Waals surface area (Å²) in [5.41, 5.74) is 1.98. The van der Waals surface area contributed by atoms with Crippen molar-refractivity contribution in [3.05, 3.63) is 65.6 Å². The highest BCUT2D eigenvalue weighted by Gasteiger charge is 2.33. The van der Waals surface area contributed by atoms with Gasteiger partial charge in [0.05, 0.1) is 18.8 Å². The molecule has 4 heteroatoms. The van der Waals surface area contributed by atoms with Crippen LogP contribution < -0.4 is 9.47 Å². The summed E-state index contributed by atoms with van der Waals surface area (Å²) in [6.07, 6.45) is 3.30. The molecule has 4 nitrogen and oxygen atoms in total. The summed E-state index contributed by atoms with van der Waals surface area (Å²) in [6.45, 7) is 0. The van der Waals surface area contributed by atoms with Crippen LogP contribution >= 0.6 is 0 Å². The maximum atomic E-state index is 12.6. The third kappa shape index (κ3) is 1.81. The molecule has 0 bridgehead atoms. The number of methoxy groups -OCH3 is 1. The Hall–Kier alpha value is -3.01. The van der Waals surface area contributed by atoms with E-state index in [9.17, 15) is 4.79 Å². The molecule has 4 rings (SSSR count). The van der Waals surface area contributed by atoms with E-state index in [-0.39, 0.29) is 11.5 Å². The summed E-state index contributed by atoms with van der Waals surface area (Å²) < 4.78 is 16.5. The Morgan fingerprint density at radius 3 is 2.73 bits per heavy atom. The first-order valence-corrected chi connectivity index (χ1v) is 6.85. The number of Topliss-reactive ketones (excluding diaryl/α,β-unsaturated/α-hetero) is 1. The number of allylic oxidation sites excluding steroid dienone is 1. The smallest absolute Gasteiger partial charge is 0.235 e. The van der Waals surface area contributed by atoms with Crippen LogP contribution in [-0.2, 0) is 0 Å². The zero-order chi connectivity index (χ0) is 15.1. The number of hydrogen-bond donors (Lipinski definition) is 0. The van der Waals surface area contributed by atoms with Crippen LogP contribution in [0, 0.1) is 0 Å². The predicted octanol–water partition coefficient (Wildman–Crippen LogP) is 4.06. The van der Waals surface area contributed by atoms with E-state index in [0.29, 0.717) is 22.6 Å². The number of ether oxygens (including phenoxy) is 2. The summed E-state index contributed by atoms with van der Waals surface area (Å²) >= 11 is 0. The van der Waals surface area contributed by atoms with Gasteiger partial charge in [0.15, 0.2) is 11.5 Å². The number of rotatable bonds is 2. The quantitative estimate of drug-likeness (QED) is 0.668. The van der Waals surface area contributed by atoms with Crippen molar-refractivity contribution in [1.29, 1.82) is 0 Å². The fourth-order valence-corrected chi connectivity index (χ4v) is 2.62. The van der Waals surface area contributed by atoms with Gasteiger partial charge in [-0.25, -0.2) is 0 Å². The molecular formula is C18H12O4. The molecular weight excluding hydrogens is 280 g/mol. The first-order valence-electron chi connectivity index (χ1n) is 6.85. The number of furan rings is 1. The first-order chi connectivity index (χ1) is 10.8. The van der Waals surface area contributed by atoms with Crippen LogP contribution in [0.3, 0.4) is 0 Å². The van der Waals surface area contributed by atoms with Crippen LogP contribution in [-0.4, -0.2) is 12.9 Å². The second kappa shape index (κ2) is 4.77.